The number of nitrogens with two attached hydrogens (primary N) is 1. The maximum atomic E-state index is 9.82. The molecule has 86 valence electrons. The molecule has 3 N–H and O–H groups in total. The second kappa shape index (κ2) is 13.1. The summed E-state index contributed by atoms with van der Waals surface area (Å²) in [5.41, 5.74) is 6.06. The van der Waals surface area contributed by atoms with Crippen LogP contribution in [0.2, 0.25) is 0 Å². The van der Waals surface area contributed by atoms with Crippen LogP contribution in [0.4, 0.5) is 0 Å². The molecule has 0 unspecified atom stereocenters. The second-order valence-corrected chi connectivity index (χ2v) is 3.09. The van der Waals surface area contributed by atoms with Gasteiger partial charge >= 0.3 is 0 Å². The summed E-state index contributed by atoms with van der Waals surface area (Å²) >= 11 is 10.7. The Balaban J connectivity index is 0. The molecule has 0 fully saturated rings. The summed E-state index contributed by atoms with van der Waals surface area (Å²) in [6.45, 7) is 1.92. The topological polar surface area (TPSA) is 63.3 Å². The fourth-order valence-electron chi connectivity index (χ4n) is 0.497. The van der Waals surface area contributed by atoms with Gasteiger partial charge in [-0.05, 0) is 24.6 Å². The van der Waals surface area contributed by atoms with Crippen molar-refractivity contribution >= 4 is 29.1 Å². The van der Waals surface area contributed by atoms with Crippen LogP contribution in [0.3, 0.4) is 0 Å². The molecule has 0 aromatic heterocycles. The SMILES string of the molecule is CCCC(N)=O.O/C=C/C=C(Cl)\C=C\Cl. The van der Waals surface area contributed by atoms with E-state index in [1.165, 1.54) is 23.8 Å². The van der Waals surface area contributed by atoms with Crippen LogP contribution in [0.1, 0.15) is 19.8 Å². The van der Waals surface area contributed by atoms with Crippen molar-refractivity contribution in [3.05, 3.63) is 35.1 Å². The average molecular weight is 252 g/mol. The van der Waals surface area contributed by atoms with Crippen molar-refractivity contribution in [1.82, 2.24) is 0 Å². The molecule has 0 atom stereocenters. The standard InChI is InChI=1S/C6H6Cl2O.C4H9NO/c7-4-3-6(8)2-1-5-9;1-2-3-4(5)6/h1-5,9H;2-3H2,1H3,(H2,5,6)/b4-3+,5-1+,6-2+;. The number of allylic oxidation sites excluding steroid dienone is 4. The van der Waals surface area contributed by atoms with E-state index in [2.05, 4.69) is 0 Å². The Labute approximate surface area is 99.9 Å². The van der Waals surface area contributed by atoms with E-state index in [0.717, 1.165) is 12.7 Å². The minimum absolute atomic E-state index is 0.211. The van der Waals surface area contributed by atoms with Crippen LogP contribution < -0.4 is 5.73 Å². The van der Waals surface area contributed by atoms with Crippen molar-refractivity contribution in [2.24, 2.45) is 5.73 Å². The van der Waals surface area contributed by atoms with Gasteiger partial charge in [0, 0.05) is 17.0 Å². The molecule has 0 spiro atoms. The summed E-state index contributed by atoms with van der Waals surface area (Å²) in [7, 11) is 0. The molecule has 0 saturated carbocycles. The highest BCUT2D eigenvalue weighted by Gasteiger charge is 1.84. The van der Waals surface area contributed by atoms with Crippen molar-refractivity contribution in [2.45, 2.75) is 19.8 Å². The van der Waals surface area contributed by atoms with Gasteiger partial charge in [0.1, 0.15) is 0 Å². The highest BCUT2D eigenvalue weighted by atomic mass is 35.5. The molecule has 0 radical (unpaired) electrons. The molecular weight excluding hydrogens is 237 g/mol. The average Bonchev–Trinajstić information content (AvgIpc) is 2.16. The summed E-state index contributed by atoms with van der Waals surface area (Å²) in [6.07, 6.45) is 6.68. The minimum Gasteiger partial charge on any atom is -0.516 e. The van der Waals surface area contributed by atoms with E-state index in [1.807, 2.05) is 6.92 Å². The van der Waals surface area contributed by atoms with Crippen LogP contribution in [0, 0.1) is 0 Å². The molecule has 1 amide bonds. The number of hydrogen-bond donors (Lipinski definition) is 2. The van der Waals surface area contributed by atoms with Crippen LogP contribution in [-0.4, -0.2) is 11.0 Å². The van der Waals surface area contributed by atoms with Crippen LogP contribution in [0.5, 0.6) is 0 Å². The monoisotopic (exact) mass is 251 g/mol. The third-order valence-electron chi connectivity index (χ3n) is 1.06. The van der Waals surface area contributed by atoms with Gasteiger partial charge in [-0.25, -0.2) is 0 Å². The first-order chi connectivity index (χ1) is 7.08. The number of halogens is 2. The molecule has 0 heterocycles. The van der Waals surface area contributed by atoms with Gasteiger partial charge < -0.3 is 10.8 Å². The zero-order chi connectivity index (χ0) is 12.1. The number of carbonyl (C=O) groups excluding carboxylic acids is 1. The van der Waals surface area contributed by atoms with Gasteiger partial charge in [-0.2, -0.15) is 0 Å². The van der Waals surface area contributed by atoms with Gasteiger partial charge in [0.05, 0.1) is 6.26 Å². The smallest absolute Gasteiger partial charge is 0.217 e. The molecule has 0 bridgehead atoms. The maximum Gasteiger partial charge on any atom is 0.217 e. The van der Waals surface area contributed by atoms with E-state index >= 15 is 0 Å². The van der Waals surface area contributed by atoms with E-state index in [-0.39, 0.29) is 5.91 Å². The molecular formula is C10H15Cl2NO2. The molecule has 0 aliphatic rings. The number of hydrogen-bond acceptors (Lipinski definition) is 2. The van der Waals surface area contributed by atoms with E-state index in [0.29, 0.717) is 11.5 Å². The Bertz CT molecular complexity index is 248. The first-order valence-corrected chi connectivity index (χ1v) is 5.11. The lowest BCUT2D eigenvalue weighted by molar-refractivity contribution is -0.118. The fourth-order valence-corrected chi connectivity index (χ4v) is 0.833. The van der Waals surface area contributed by atoms with E-state index < -0.39 is 0 Å². The summed E-state index contributed by atoms with van der Waals surface area (Å²) in [5.74, 6) is -0.211. The zero-order valence-electron chi connectivity index (χ0n) is 8.49. The van der Waals surface area contributed by atoms with Crippen LogP contribution in [-0.2, 0) is 4.79 Å². The predicted molar refractivity (Wildman–Crippen MR) is 64.8 cm³/mol. The lowest BCUT2D eigenvalue weighted by Gasteiger charge is -1.81. The van der Waals surface area contributed by atoms with Crippen molar-refractivity contribution < 1.29 is 9.90 Å². The number of aliphatic hydroxyl groups is 1. The van der Waals surface area contributed by atoms with Gasteiger partial charge in [-0.1, -0.05) is 30.1 Å². The number of carbonyl (C=O) groups is 1. The molecule has 0 aliphatic heterocycles. The molecule has 0 saturated heterocycles. The lowest BCUT2D eigenvalue weighted by Crippen LogP contribution is -2.08. The predicted octanol–water partition coefficient (Wildman–Crippen LogP) is 3.21. The third-order valence-corrected chi connectivity index (χ3v) is 1.44. The van der Waals surface area contributed by atoms with E-state index in [1.54, 1.807) is 0 Å². The number of primary amides is 1. The summed E-state index contributed by atoms with van der Waals surface area (Å²) in [5, 5.41) is 8.61. The number of rotatable bonds is 4. The highest BCUT2D eigenvalue weighted by molar-refractivity contribution is 6.33. The van der Waals surface area contributed by atoms with Gasteiger partial charge in [0.15, 0.2) is 0 Å². The van der Waals surface area contributed by atoms with E-state index in [4.69, 9.17) is 34.0 Å². The highest BCUT2D eigenvalue weighted by Crippen LogP contribution is 2.03. The molecule has 3 nitrogen and oxygen atoms in total. The largest absolute Gasteiger partial charge is 0.516 e. The van der Waals surface area contributed by atoms with Gasteiger partial charge in [-0.15, -0.1) is 0 Å². The Morgan fingerprint density at radius 1 is 1.53 bits per heavy atom. The van der Waals surface area contributed by atoms with E-state index in [9.17, 15) is 4.79 Å². The van der Waals surface area contributed by atoms with Crippen molar-refractivity contribution in [3.63, 3.8) is 0 Å². The normalized spacial score (nSPS) is 11.5. The Kier molecular flexibility index (Phi) is 14.4. The molecule has 0 aromatic carbocycles. The van der Waals surface area contributed by atoms with Gasteiger partial charge in [-0.3, -0.25) is 4.79 Å². The summed E-state index contributed by atoms with van der Waals surface area (Å²) in [4.78, 5) is 9.82. The first kappa shape index (κ1) is 16.5. The zero-order valence-corrected chi connectivity index (χ0v) is 10.0. The second-order valence-electron chi connectivity index (χ2n) is 2.40. The maximum absolute atomic E-state index is 9.82. The molecule has 0 rings (SSSR count). The Morgan fingerprint density at radius 2 is 2.13 bits per heavy atom. The number of aliphatic hydroxyl groups excluding tert-OH is 1. The quantitative estimate of drug-likeness (QED) is 0.596. The van der Waals surface area contributed by atoms with Crippen molar-refractivity contribution in [3.8, 4) is 0 Å². The first-order valence-electron chi connectivity index (χ1n) is 4.30. The summed E-state index contributed by atoms with van der Waals surface area (Å²) in [6, 6.07) is 0. The molecule has 0 aliphatic carbocycles. The summed E-state index contributed by atoms with van der Waals surface area (Å²) < 4.78 is 0. The Morgan fingerprint density at radius 3 is 2.40 bits per heavy atom. The van der Waals surface area contributed by atoms with Crippen LogP contribution >= 0.6 is 23.2 Å². The number of amides is 1. The Hall–Kier alpha value is -0.930. The van der Waals surface area contributed by atoms with Crippen molar-refractivity contribution in [1.29, 1.82) is 0 Å². The van der Waals surface area contributed by atoms with Crippen molar-refractivity contribution in [2.75, 3.05) is 0 Å². The molecule has 5 heteroatoms. The van der Waals surface area contributed by atoms with Crippen LogP contribution in [0.25, 0.3) is 0 Å². The lowest BCUT2D eigenvalue weighted by atomic mass is 10.3. The molecule has 15 heavy (non-hydrogen) atoms. The van der Waals surface area contributed by atoms with Crippen LogP contribution in [0.15, 0.2) is 35.1 Å². The fraction of sp³-hybridized carbons (Fsp3) is 0.300. The molecule has 0 aromatic rings. The van der Waals surface area contributed by atoms with Gasteiger partial charge in [0.25, 0.3) is 0 Å². The minimum atomic E-state index is -0.211. The third kappa shape index (κ3) is 19.5. The van der Waals surface area contributed by atoms with Gasteiger partial charge in [0.2, 0.25) is 5.91 Å².